The molecule has 8 heteroatoms. The lowest BCUT2D eigenvalue weighted by Gasteiger charge is -2.11. The Labute approximate surface area is 185 Å². The highest BCUT2D eigenvalue weighted by Crippen LogP contribution is 2.26. The SMILES string of the molecule is CCc1cccc(Oc2nc3c(c(=O)n(CCCO)c(=O)n3C)n2Cc2ccccc2)c1. The summed E-state index contributed by atoms with van der Waals surface area (Å²) in [5.74, 6) is 0.611. The van der Waals surface area contributed by atoms with Gasteiger partial charge in [-0.2, -0.15) is 4.98 Å². The second kappa shape index (κ2) is 9.23. The first-order valence-electron chi connectivity index (χ1n) is 10.6. The van der Waals surface area contributed by atoms with E-state index in [1.54, 1.807) is 11.6 Å². The number of nitrogens with zero attached hydrogens (tertiary/aromatic N) is 4. The molecule has 1 N–H and O–H groups in total. The number of fused-ring (bicyclic) bond motifs is 1. The van der Waals surface area contributed by atoms with Gasteiger partial charge in [0.2, 0.25) is 0 Å². The van der Waals surface area contributed by atoms with Crippen LogP contribution in [0.5, 0.6) is 11.8 Å². The Kier molecular flexibility index (Phi) is 6.23. The molecular formula is C24H26N4O4. The molecule has 0 aliphatic carbocycles. The minimum atomic E-state index is -0.472. The van der Waals surface area contributed by atoms with Crippen LogP contribution in [0.1, 0.15) is 24.5 Å². The molecule has 0 bridgehead atoms. The van der Waals surface area contributed by atoms with E-state index in [0.29, 0.717) is 18.7 Å². The van der Waals surface area contributed by atoms with Crippen LogP contribution in [0.25, 0.3) is 11.2 Å². The molecule has 4 rings (SSSR count). The van der Waals surface area contributed by atoms with Gasteiger partial charge in [-0.05, 0) is 36.1 Å². The molecule has 2 heterocycles. The predicted octanol–water partition coefficient (Wildman–Crippen LogP) is 2.68. The maximum absolute atomic E-state index is 13.3. The molecule has 166 valence electrons. The van der Waals surface area contributed by atoms with Gasteiger partial charge < -0.3 is 9.84 Å². The average molecular weight is 434 g/mol. The zero-order valence-corrected chi connectivity index (χ0v) is 18.2. The lowest BCUT2D eigenvalue weighted by Crippen LogP contribution is -2.39. The summed E-state index contributed by atoms with van der Waals surface area (Å²) >= 11 is 0. The monoisotopic (exact) mass is 434 g/mol. The second-order valence-corrected chi connectivity index (χ2v) is 7.62. The quantitative estimate of drug-likeness (QED) is 0.460. The van der Waals surface area contributed by atoms with Crippen molar-refractivity contribution >= 4 is 11.2 Å². The molecule has 0 spiro atoms. The van der Waals surface area contributed by atoms with E-state index in [0.717, 1.165) is 22.1 Å². The summed E-state index contributed by atoms with van der Waals surface area (Å²) in [7, 11) is 1.58. The van der Waals surface area contributed by atoms with Crippen LogP contribution in [0, 0.1) is 0 Å². The highest BCUT2D eigenvalue weighted by Gasteiger charge is 2.22. The maximum atomic E-state index is 13.3. The molecule has 0 aliphatic heterocycles. The Balaban J connectivity index is 1.92. The minimum Gasteiger partial charge on any atom is -0.425 e. The number of hydrogen-bond donors (Lipinski definition) is 1. The van der Waals surface area contributed by atoms with Crippen molar-refractivity contribution in [2.24, 2.45) is 7.05 Å². The van der Waals surface area contributed by atoms with Crippen molar-refractivity contribution in [2.45, 2.75) is 32.9 Å². The lowest BCUT2D eigenvalue weighted by molar-refractivity contribution is 0.277. The van der Waals surface area contributed by atoms with Gasteiger partial charge in [0.25, 0.3) is 5.56 Å². The van der Waals surface area contributed by atoms with Crippen LogP contribution in [0.2, 0.25) is 0 Å². The number of rotatable bonds is 8. The minimum absolute atomic E-state index is 0.112. The summed E-state index contributed by atoms with van der Waals surface area (Å²) < 4.78 is 10.3. The van der Waals surface area contributed by atoms with Crippen LogP contribution in [-0.4, -0.2) is 30.4 Å². The number of aromatic nitrogens is 4. The molecule has 0 fully saturated rings. The molecule has 0 saturated heterocycles. The number of aryl methyl sites for hydroxylation is 2. The Bertz CT molecular complexity index is 1350. The smallest absolute Gasteiger partial charge is 0.332 e. The summed E-state index contributed by atoms with van der Waals surface area (Å²) in [6.45, 7) is 2.43. The van der Waals surface area contributed by atoms with E-state index in [-0.39, 0.29) is 30.3 Å². The van der Waals surface area contributed by atoms with Gasteiger partial charge in [0.15, 0.2) is 11.2 Å². The topological polar surface area (TPSA) is 91.3 Å². The fourth-order valence-corrected chi connectivity index (χ4v) is 3.70. The van der Waals surface area contributed by atoms with E-state index in [1.165, 1.54) is 4.57 Å². The Morgan fingerprint density at radius 2 is 1.75 bits per heavy atom. The molecule has 32 heavy (non-hydrogen) atoms. The molecular weight excluding hydrogens is 408 g/mol. The van der Waals surface area contributed by atoms with E-state index < -0.39 is 11.2 Å². The first-order valence-corrected chi connectivity index (χ1v) is 10.6. The summed E-state index contributed by atoms with van der Waals surface area (Å²) in [6.07, 6.45) is 1.17. The van der Waals surface area contributed by atoms with Crippen LogP contribution in [0.3, 0.4) is 0 Å². The van der Waals surface area contributed by atoms with Crippen molar-refractivity contribution in [1.82, 2.24) is 18.7 Å². The standard InChI is InChI=1S/C24H26N4O4/c1-3-17-11-7-12-19(15-17)32-23-25-21-20(28(23)16-18-9-5-4-6-10-18)22(30)27(13-8-14-29)24(31)26(21)2/h4-7,9-12,15,29H,3,8,13-14,16H2,1-2H3. The van der Waals surface area contributed by atoms with E-state index in [2.05, 4.69) is 11.9 Å². The van der Waals surface area contributed by atoms with E-state index in [9.17, 15) is 14.7 Å². The number of benzene rings is 2. The summed E-state index contributed by atoms with van der Waals surface area (Å²) in [5.41, 5.74) is 1.71. The summed E-state index contributed by atoms with van der Waals surface area (Å²) in [4.78, 5) is 30.7. The third-order valence-corrected chi connectivity index (χ3v) is 5.44. The molecule has 4 aromatic rings. The third kappa shape index (κ3) is 4.09. The first kappa shape index (κ1) is 21.6. The lowest BCUT2D eigenvalue weighted by atomic mass is 10.2. The van der Waals surface area contributed by atoms with Gasteiger partial charge in [0.1, 0.15) is 5.75 Å². The molecule has 0 atom stereocenters. The second-order valence-electron chi connectivity index (χ2n) is 7.62. The predicted molar refractivity (Wildman–Crippen MR) is 122 cm³/mol. The molecule has 2 aromatic heterocycles. The van der Waals surface area contributed by atoms with Gasteiger partial charge in [0.05, 0.1) is 6.54 Å². The number of aliphatic hydroxyl groups is 1. The maximum Gasteiger partial charge on any atom is 0.332 e. The van der Waals surface area contributed by atoms with Gasteiger partial charge >= 0.3 is 11.7 Å². The highest BCUT2D eigenvalue weighted by molar-refractivity contribution is 5.72. The fraction of sp³-hybridized carbons (Fsp3) is 0.292. The van der Waals surface area contributed by atoms with Crippen LogP contribution < -0.4 is 16.0 Å². The molecule has 0 unspecified atom stereocenters. The zero-order chi connectivity index (χ0) is 22.7. The zero-order valence-electron chi connectivity index (χ0n) is 18.2. The normalized spacial score (nSPS) is 11.2. The van der Waals surface area contributed by atoms with Crippen LogP contribution >= 0.6 is 0 Å². The van der Waals surface area contributed by atoms with Gasteiger partial charge in [-0.1, -0.05) is 49.4 Å². The number of hydrogen-bond acceptors (Lipinski definition) is 5. The van der Waals surface area contributed by atoms with Crippen LogP contribution in [0.4, 0.5) is 0 Å². The Hall–Kier alpha value is -3.65. The molecule has 2 aromatic carbocycles. The van der Waals surface area contributed by atoms with Crippen molar-refractivity contribution in [2.75, 3.05) is 6.61 Å². The summed E-state index contributed by atoms with van der Waals surface area (Å²) in [6, 6.07) is 17.6. The van der Waals surface area contributed by atoms with Gasteiger partial charge in [-0.15, -0.1) is 0 Å². The van der Waals surface area contributed by atoms with Crippen LogP contribution in [-0.2, 0) is 26.6 Å². The molecule has 0 amide bonds. The fourth-order valence-electron chi connectivity index (χ4n) is 3.70. The Morgan fingerprint density at radius 3 is 2.47 bits per heavy atom. The summed E-state index contributed by atoms with van der Waals surface area (Å²) in [5, 5.41) is 9.19. The third-order valence-electron chi connectivity index (χ3n) is 5.44. The average Bonchev–Trinajstić information content (AvgIpc) is 3.16. The highest BCUT2D eigenvalue weighted by atomic mass is 16.5. The molecule has 0 radical (unpaired) electrons. The molecule has 0 saturated carbocycles. The van der Waals surface area contributed by atoms with E-state index >= 15 is 0 Å². The number of imidazole rings is 1. The van der Waals surface area contributed by atoms with Crippen molar-refractivity contribution in [3.8, 4) is 11.8 Å². The van der Waals surface area contributed by atoms with Crippen LogP contribution in [0.15, 0.2) is 64.2 Å². The van der Waals surface area contributed by atoms with Gasteiger partial charge in [-0.3, -0.25) is 18.5 Å². The Morgan fingerprint density at radius 1 is 1.00 bits per heavy atom. The van der Waals surface area contributed by atoms with Crippen molar-refractivity contribution < 1.29 is 9.84 Å². The first-order chi connectivity index (χ1) is 15.5. The van der Waals surface area contributed by atoms with E-state index in [1.807, 2.05) is 54.6 Å². The number of aliphatic hydroxyl groups excluding tert-OH is 1. The van der Waals surface area contributed by atoms with Crippen molar-refractivity contribution in [1.29, 1.82) is 0 Å². The molecule has 8 nitrogen and oxygen atoms in total. The van der Waals surface area contributed by atoms with Gasteiger partial charge in [-0.25, -0.2) is 4.79 Å². The number of ether oxygens (including phenoxy) is 1. The molecule has 0 aliphatic rings. The largest absolute Gasteiger partial charge is 0.425 e. The van der Waals surface area contributed by atoms with Crippen molar-refractivity contribution in [3.05, 3.63) is 86.6 Å². The van der Waals surface area contributed by atoms with Crippen molar-refractivity contribution in [3.63, 3.8) is 0 Å². The van der Waals surface area contributed by atoms with E-state index in [4.69, 9.17) is 4.74 Å². The van der Waals surface area contributed by atoms with Gasteiger partial charge in [0, 0.05) is 20.2 Å².